The number of fused-ring (bicyclic) bond motifs is 1. The average molecular weight is 792 g/mol. The molecule has 0 saturated carbocycles. The van der Waals surface area contributed by atoms with E-state index in [1.165, 1.54) is 11.0 Å². The lowest BCUT2D eigenvalue weighted by molar-refractivity contribution is -0.150. The van der Waals surface area contributed by atoms with Crippen LogP contribution < -0.4 is 11.1 Å². The minimum Gasteiger partial charge on any atom is -0.480 e. The fraction of sp³-hybridized carbons (Fsp3) is 0.579. The number of nitrogens with two attached hydrogens (primary N) is 1. The second-order valence-electron chi connectivity index (χ2n) is 15.3. The van der Waals surface area contributed by atoms with Crippen molar-refractivity contribution in [2.75, 3.05) is 70.0 Å². The molecule has 17 heteroatoms. The van der Waals surface area contributed by atoms with Crippen LogP contribution in [-0.4, -0.2) is 136 Å². The molecule has 0 bridgehead atoms. The lowest BCUT2D eigenvalue weighted by Crippen LogP contribution is -2.59. The van der Waals surface area contributed by atoms with E-state index in [0.29, 0.717) is 65.1 Å². The lowest BCUT2D eigenvalue weighted by atomic mass is 9.95. The van der Waals surface area contributed by atoms with Crippen molar-refractivity contribution in [3.8, 4) is 0 Å². The molecule has 4 heterocycles. The number of urea groups is 1. The highest BCUT2D eigenvalue weighted by atomic mass is 35.5. The van der Waals surface area contributed by atoms with Gasteiger partial charge in [0.15, 0.2) is 6.10 Å². The van der Waals surface area contributed by atoms with Crippen LogP contribution in [0.2, 0.25) is 5.02 Å². The summed E-state index contributed by atoms with van der Waals surface area (Å²) in [5, 5.41) is 12.3. The van der Waals surface area contributed by atoms with Gasteiger partial charge in [0.25, 0.3) is 5.91 Å². The maximum atomic E-state index is 14.1. The zero-order valence-electron chi connectivity index (χ0n) is 31.1. The van der Waals surface area contributed by atoms with Gasteiger partial charge in [0.05, 0.1) is 16.3 Å². The maximum absolute atomic E-state index is 14.1. The van der Waals surface area contributed by atoms with Crippen LogP contribution in [0.4, 0.5) is 34.1 Å². The molecule has 1 atom stereocenters. The largest absolute Gasteiger partial charge is 0.480 e. The Kier molecular flexibility index (Phi) is 12.1. The highest BCUT2D eigenvalue weighted by Crippen LogP contribution is 2.38. The zero-order chi connectivity index (χ0) is 39.7. The van der Waals surface area contributed by atoms with Crippen LogP contribution in [0.5, 0.6) is 0 Å². The number of benzene rings is 2. The number of nitrogens with one attached hydrogen (secondary N) is 1. The first-order valence-electron chi connectivity index (χ1n) is 18.8. The number of amides is 4. The highest BCUT2D eigenvalue weighted by Gasteiger charge is 2.40. The zero-order valence-corrected chi connectivity index (χ0v) is 31.9. The van der Waals surface area contributed by atoms with E-state index in [4.69, 9.17) is 22.1 Å². The molecular formula is C38H49ClF3N7O6. The van der Waals surface area contributed by atoms with Gasteiger partial charge in [0.1, 0.15) is 5.54 Å². The van der Waals surface area contributed by atoms with Gasteiger partial charge in [-0.3, -0.25) is 19.4 Å². The molecule has 4 aliphatic heterocycles. The van der Waals surface area contributed by atoms with E-state index in [9.17, 15) is 37.5 Å². The number of carbonyl (C=O) groups is 4. The van der Waals surface area contributed by atoms with E-state index >= 15 is 0 Å². The van der Waals surface area contributed by atoms with Crippen molar-refractivity contribution < 1.29 is 42.2 Å². The molecule has 0 radical (unpaired) electrons. The second-order valence-corrected chi connectivity index (χ2v) is 15.7. The number of likely N-dealkylation sites (tertiary alicyclic amines) is 2. The summed E-state index contributed by atoms with van der Waals surface area (Å²) in [4.78, 5) is 61.7. The van der Waals surface area contributed by atoms with Crippen molar-refractivity contribution in [1.82, 2.24) is 24.5 Å². The molecular weight excluding hydrogens is 743 g/mol. The van der Waals surface area contributed by atoms with Crippen LogP contribution in [0, 0.1) is 0 Å². The summed E-state index contributed by atoms with van der Waals surface area (Å²) in [6.45, 7) is 7.39. The third kappa shape index (κ3) is 9.07. The molecule has 3 fully saturated rings. The van der Waals surface area contributed by atoms with Crippen LogP contribution in [0.1, 0.15) is 56.2 Å². The molecule has 0 unspecified atom stereocenters. The van der Waals surface area contributed by atoms with Gasteiger partial charge in [-0.2, -0.15) is 13.2 Å². The summed E-state index contributed by atoms with van der Waals surface area (Å²) in [6.07, 6.45) is -4.16. The molecule has 0 aliphatic carbocycles. The van der Waals surface area contributed by atoms with Crippen LogP contribution in [0.15, 0.2) is 36.4 Å². The third-order valence-electron chi connectivity index (χ3n) is 11.7. The van der Waals surface area contributed by atoms with Gasteiger partial charge in [-0.15, -0.1) is 0 Å². The Morgan fingerprint density at radius 3 is 2.20 bits per heavy atom. The monoisotopic (exact) mass is 791 g/mol. The van der Waals surface area contributed by atoms with E-state index in [1.54, 1.807) is 23.6 Å². The number of aliphatic carboxylic acids is 1. The van der Waals surface area contributed by atoms with Gasteiger partial charge >= 0.3 is 24.3 Å². The quantitative estimate of drug-likeness (QED) is 0.314. The summed E-state index contributed by atoms with van der Waals surface area (Å²) in [5.74, 6) is -1.40. The van der Waals surface area contributed by atoms with Crippen molar-refractivity contribution in [2.24, 2.45) is 0 Å². The van der Waals surface area contributed by atoms with E-state index < -0.39 is 47.0 Å². The van der Waals surface area contributed by atoms with Crippen LogP contribution in [0.25, 0.3) is 0 Å². The molecule has 4 aliphatic rings. The van der Waals surface area contributed by atoms with Crippen molar-refractivity contribution in [3.05, 3.63) is 58.1 Å². The molecule has 300 valence electrons. The number of alkyl halides is 3. The molecule has 6 rings (SSSR count). The topological polar surface area (TPSA) is 152 Å². The van der Waals surface area contributed by atoms with E-state index in [2.05, 4.69) is 10.2 Å². The Bertz CT molecular complexity index is 1760. The van der Waals surface area contributed by atoms with E-state index in [0.717, 1.165) is 30.2 Å². The summed E-state index contributed by atoms with van der Waals surface area (Å²) in [7, 11) is 0. The van der Waals surface area contributed by atoms with Crippen LogP contribution >= 0.6 is 11.6 Å². The molecule has 0 aromatic heterocycles. The Labute approximate surface area is 323 Å². The molecule has 0 spiro atoms. The lowest BCUT2D eigenvalue weighted by Gasteiger charge is -2.45. The van der Waals surface area contributed by atoms with Gasteiger partial charge in [0.2, 0.25) is 0 Å². The Hall–Kier alpha value is -4.28. The fourth-order valence-electron chi connectivity index (χ4n) is 8.15. The van der Waals surface area contributed by atoms with Gasteiger partial charge in [-0.1, -0.05) is 29.8 Å². The first-order chi connectivity index (χ1) is 26.0. The summed E-state index contributed by atoms with van der Waals surface area (Å²) in [5.41, 5.74) is 4.79. The summed E-state index contributed by atoms with van der Waals surface area (Å²) >= 11 is 6.12. The minimum absolute atomic E-state index is 0.0410. The fourth-order valence-corrected chi connectivity index (χ4v) is 8.39. The minimum atomic E-state index is -4.80. The highest BCUT2D eigenvalue weighted by molar-refractivity contribution is 6.33. The summed E-state index contributed by atoms with van der Waals surface area (Å²) in [6, 6.07) is 9.62. The number of ether oxygens (including phenoxy) is 1. The van der Waals surface area contributed by atoms with Crippen molar-refractivity contribution in [2.45, 2.75) is 82.3 Å². The number of carbonyl (C=O) groups excluding carboxylic acids is 3. The number of piperidine rings is 2. The molecule has 55 heavy (non-hydrogen) atoms. The maximum Gasteiger partial charge on any atom is 0.418 e. The number of nitrogen functional groups attached to an aromatic ring is 1. The number of carboxylic acids is 1. The number of nitrogens with zero attached hydrogens (tertiary/aromatic N) is 5. The van der Waals surface area contributed by atoms with Gasteiger partial charge < -0.3 is 35.6 Å². The standard InChI is InChI=1S/C38H49ClF3N7O6/c1-37(2,34(51)52)48-14-10-26(11-15-48)45-17-19-46(20-18-45)33(50)31(23-24-21-28(38(40,41)42)32(43)29(39)22-24)55-36(54)47-12-8-27(9-13-47)49-16-7-25-5-3-4-6-30(25)44-35(49)53/h3-6,21-22,26-27,31H,7-20,23,43H2,1-2H3,(H,44,53)(H,51,52)/t31-/m1/s1. The third-order valence-corrected chi connectivity index (χ3v) is 12.0. The van der Waals surface area contributed by atoms with Crippen LogP contribution in [-0.2, 0) is 33.3 Å². The van der Waals surface area contributed by atoms with E-state index in [-0.39, 0.29) is 48.2 Å². The Morgan fingerprint density at radius 1 is 0.927 bits per heavy atom. The number of hydrogen-bond acceptors (Lipinski definition) is 8. The number of rotatable bonds is 8. The van der Waals surface area contributed by atoms with Gasteiger partial charge in [-0.05, 0) is 75.3 Å². The molecule has 2 aromatic rings. The molecule has 2 aromatic carbocycles. The number of halogens is 4. The van der Waals surface area contributed by atoms with Crippen molar-refractivity contribution in [1.29, 1.82) is 0 Å². The smallest absolute Gasteiger partial charge is 0.418 e. The predicted molar refractivity (Wildman–Crippen MR) is 200 cm³/mol. The first-order valence-corrected chi connectivity index (χ1v) is 19.2. The number of piperazine rings is 1. The Morgan fingerprint density at radius 2 is 1.56 bits per heavy atom. The number of carboxylic acid groups (broad SMARTS) is 1. The van der Waals surface area contributed by atoms with Crippen molar-refractivity contribution >= 4 is 47.0 Å². The molecule has 13 nitrogen and oxygen atoms in total. The molecule has 3 saturated heterocycles. The van der Waals surface area contributed by atoms with Gasteiger partial charge in [-0.25, -0.2) is 9.59 Å². The van der Waals surface area contributed by atoms with Crippen molar-refractivity contribution in [3.63, 3.8) is 0 Å². The normalized spacial score (nSPS) is 20.4. The number of hydrogen-bond donors (Lipinski definition) is 3. The predicted octanol–water partition coefficient (Wildman–Crippen LogP) is 5.02. The second kappa shape index (κ2) is 16.4. The average Bonchev–Trinajstić information content (AvgIpc) is 3.33. The SMILES string of the molecule is CC(C)(C(=O)O)N1CCC(N2CCN(C(=O)[C@@H](Cc3cc(Cl)c(N)c(C(F)(F)F)c3)OC(=O)N3CCC(N4CCc5ccccc5NC4=O)CC3)CC2)CC1. The number of para-hydroxylation sites is 1. The molecule has 4 amide bonds. The number of anilines is 2. The Balaban J connectivity index is 1.10. The van der Waals surface area contributed by atoms with E-state index in [1.807, 2.05) is 29.2 Å². The van der Waals surface area contributed by atoms with Gasteiger partial charge in [0, 0.05) is 83.1 Å². The first kappa shape index (κ1) is 40.4. The molecule has 4 N–H and O–H groups in total. The summed E-state index contributed by atoms with van der Waals surface area (Å²) < 4.78 is 47.5. The van der Waals surface area contributed by atoms with Crippen LogP contribution in [0.3, 0.4) is 0 Å².